The van der Waals surface area contributed by atoms with Crippen LogP contribution < -0.4 is 10.1 Å². The van der Waals surface area contributed by atoms with E-state index in [1.807, 2.05) is 30.3 Å². The zero-order valence-corrected chi connectivity index (χ0v) is 17.1. The van der Waals surface area contributed by atoms with Crippen LogP contribution in [0.3, 0.4) is 0 Å². The van der Waals surface area contributed by atoms with Crippen molar-refractivity contribution in [3.05, 3.63) is 101 Å². The van der Waals surface area contributed by atoms with Gasteiger partial charge < -0.3 is 14.5 Å². The van der Waals surface area contributed by atoms with Crippen LogP contribution in [0.25, 0.3) is 11.5 Å². The third-order valence-corrected chi connectivity index (χ3v) is 4.83. The van der Waals surface area contributed by atoms with E-state index in [9.17, 15) is 9.18 Å². The Morgan fingerprint density at radius 3 is 2.52 bits per heavy atom. The van der Waals surface area contributed by atoms with Gasteiger partial charge in [-0.25, -0.2) is 4.39 Å². The average molecular weight is 438 g/mol. The first-order chi connectivity index (χ1) is 15.0. The average Bonchev–Trinajstić information content (AvgIpc) is 3.28. The minimum atomic E-state index is -0.807. The Hall–Kier alpha value is -3.71. The molecule has 0 aliphatic carbocycles. The SMILES string of the molecule is COc1cc(Cl)ccc1C(=O)N[C@H](c1ccc(F)cc1)c1nnc(-c2ccccc2)o1. The molecule has 4 aromatic rings. The van der Waals surface area contributed by atoms with Gasteiger partial charge in [0, 0.05) is 10.6 Å². The Labute approximate surface area is 182 Å². The lowest BCUT2D eigenvalue weighted by Gasteiger charge is -2.17. The number of halogens is 2. The molecule has 0 spiro atoms. The molecule has 1 amide bonds. The van der Waals surface area contributed by atoms with E-state index >= 15 is 0 Å². The summed E-state index contributed by atoms with van der Waals surface area (Å²) in [6.45, 7) is 0. The smallest absolute Gasteiger partial charge is 0.255 e. The lowest BCUT2D eigenvalue weighted by Crippen LogP contribution is -2.30. The summed E-state index contributed by atoms with van der Waals surface area (Å²) in [5.74, 6) is -0.0582. The van der Waals surface area contributed by atoms with Gasteiger partial charge in [-0.05, 0) is 48.0 Å². The van der Waals surface area contributed by atoms with Crippen LogP contribution in [0.4, 0.5) is 4.39 Å². The molecule has 4 rings (SSSR count). The first kappa shape index (κ1) is 20.6. The van der Waals surface area contributed by atoms with Gasteiger partial charge >= 0.3 is 0 Å². The van der Waals surface area contributed by atoms with Crippen molar-refractivity contribution in [1.82, 2.24) is 15.5 Å². The van der Waals surface area contributed by atoms with E-state index in [1.54, 1.807) is 30.3 Å². The van der Waals surface area contributed by atoms with Crippen molar-refractivity contribution in [2.75, 3.05) is 7.11 Å². The Balaban J connectivity index is 1.70. The van der Waals surface area contributed by atoms with E-state index in [4.69, 9.17) is 20.8 Å². The summed E-state index contributed by atoms with van der Waals surface area (Å²) in [5, 5.41) is 11.5. The van der Waals surface area contributed by atoms with Crippen LogP contribution in [0.2, 0.25) is 5.02 Å². The molecule has 0 saturated carbocycles. The van der Waals surface area contributed by atoms with Crippen LogP contribution in [-0.2, 0) is 0 Å². The van der Waals surface area contributed by atoms with Gasteiger partial charge in [-0.1, -0.05) is 41.9 Å². The van der Waals surface area contributed by atoms with Crippen LogP contribution in [-0.4, -0.2) is 23.2 Å². The molecular formula is C23H17ClFN3O3. The van der Waals surface area contributed by atoms with Gasteiger partial charge in [0.25, 0.3) is 5.91 Å². The molecule has 0 aliphatic heterocycles. The van der Waals surface area contributed by atoms with Crippen molar-refractivity contribution < 1.29 is 18.3 Å². The summed E-state index contributed by atoms with van der Waals surface area (Å²) < 4.78 is 24.6. The maximum Gasteiger partial charge on any atom is 0.255 e. The normalized spacial score (nSPS) is 11.7. The van der Waals surface area contributed by atoms with Crippen LogP contribution in [0.15, 0.2) is 77.2 Å². The number of ether oxygens (including phenoxy) is 1. The standard InChI is InChI=1S/C23H17ClFN3O3/c1-30-19-13-16(24)9-12-18(19)21(29)26-20(14-7-10-17(25)11-8-14)23-28-27-22(31-23)15-5-3-2-4-6-15/h2-13,20H,1H3,(H,26,29)/t20-/m1/s1. The van der Waals surface area contributed by atoms with Gasteiger partial charge in [0.15, 0.2) is 0 Å². The molecule has 1 aromatic heterocycles. The molecule has 0 aliphatic rings. The fraction of sp³-hybridized carbons (Fsp3) is 0.0870. The number of aromatic nitrogens is 2. The summed E-state index contributed by atoms with van der Waals surface area (Å²) in [6, 6.07) is 18.8. The fourth-order valence-electron chi connectivity index (χ4n) is 3.05. The highest BCUT2D eigenvalue weighted by Gasteiger charge is 2.25. The van der Waals surface area contributed by atoms with Crippen LogP contribution in [0, 0.1) is 5.82 Å². The predicted octanol–water partition coefficient (Wildman–Crippen LogP) is 5.06. The number of amides is 1. The predicted molar refractivity (Wildman–Crippen MR) is 113 cm³/mol. The van der Waals surface area contributed by atoms with Crippen molar-refractivity contribution in [1.29, 1.82) is 0 Å². The molecule has 6 nitrogen and oxygen atoms in total. The van der Waals surface area contributed by atoms with E-state index in [1.165, 1.54) is 19.2 Å². The van der Waals surface area contributed by atoms with E-state index in [2.05, 4.69) is 15.5 Å². The van der Waals surface area contributed by atoms with Crippen LogP contribution >= 0.6 is 11.6 Å². The number of nitrogens with one attached hydrogen (secondary N) is 1. The second-order valence-electron chi connectivity index (χ2n) is 6.61. The first-order valence-electron chi connectivity index (χ1n) is 9.34. The van der Waals surface area contributed by atoms with Gasteiger partial charge in [0.1, 0.15) is 17.6 Å². The molecule has 1 heterocycles. The zero-order chi connectivity index (χ0) is 21.8. The molecule has 0 unspecified atom stereocenters. The molecule has 8 heteroatoms. The number of carbonyl (C=O) groups is 1. The number of methoxy groups -OCH3 is 1. The minimum absolute atomic E-state index is 0.159. The second kappa shape index (κ2) is 8.97. The lowest BCUT2D eigenvalue weighted by molar-refractivity contribution is 0.0935. The molecule has 31 heavy (non-hydrogen) atoms. The molecule has 0 bridgehead atoms. The zero-order valence-electron chi connectivity index (χ0n) is 16.4. The third-order valence-electron chi connectivity index (χ3n) is 4.60. The molecule has 0 saturated heterocycles. The molecule has 3 aromatic carbocycles. The fourth-order valence-corrected chi connectivity index (χ4v) is 3.22. The summed E-state index contributed by atoms with van der Waals surface area (Å²) in [7, 11) is 1.45. The number of hydrogen-bond donors (Lipinski definition) is 1. The summed E-state index contributed by atoms with van der Waals surface area (Å²) in [5.41, 5.74) is 1.59. The maximum absolute atomic E-state index is 13.5. The van der Waals surface area contributed by atoms with Crippen molar-refractivity contribution in [2.45, 2.75) is 6.04 Å². The van der Waals surface area contributed by atoms with Gasteiger partial charge in [-0.3, -0.25) is 4.79 Å². The molecule has 1 N–H and O–H groups in total. The van der Waals surface area contributed by atoms with E-state index in [0.29, 0.717) is 22.2 Å². The van der Waals surface area contributed by atoms with Gasteiger partial charge in [0.05, 0.1) is 12.7 Å². The summed E-state index contributed by atoms with van der Waals surface area (Å²) in [6.07, 6.45) is 0. The highest BCUT2D eigenvalue weighted by Crippen LogP contribution is 2.28. The van der Waals surface area contributed by atoms with Crippen molar-refractivity contribution in [3.63, 3.8) is 0 Å². The number of nitrogens with zero attached hydrogens (tertiary/aromatic N) is 2. The maximum atomic E-state index is 13.5. The Morgan fingerprint density at radius 2 is 1.81 bits per heavy atom. The number of rotatable bonds is 6. The third kappa shape index (κ3) is 4.57. The Kier molecular flexibility index (Phi) is 5.95. The number of carbonyl (C=O) groups excluding carboxylic acids is 1. The quantitative estimate of drug-likeness (QED) is 0.456. The van der Waals surface area contributed by atoms with Gasteiger partial charge in [0.2, 0.25) is 11.8 Å². The minimum Gasteiger partial charge on any atom is -0.496 e. The van der Waals surface area contributed by atoms with Crippen LogP contribution in [0.1, 0.15) is 27.9 Å². The summed E-state index contributed by atoms with van der Waals surface area (Å²) in [4.78, 5) is 13.0. The Morgan fingerprint density at radius 1 is 1.06 bits per heavy atom. The monoisotopic (exact) mass is 437 g/mol. The summed E-state index contributed by atoms with van der Waals surface area (Å²) >= 11 is 5.99. The molecule has 1 atom stereocenters. The molecular weight excluding hydrogens is 421 g/mol. The van der Waals surface area contributed by atoms with Crippen LogP contribution in [0.5, 0.6) is 5.75 Å². The van der Waals surface area contributed by atoms with E-state index < -0.39 is 17.8 Å². The lowest BCUT2D eigenvalue weighted by atomic mass is 10.1. The molecule has 156 valence electrons. The number of benzene rings is 3. The largest absolute Gasteiger partial charge is 0.496 e. The topological polar surface area (TPSA) is 77.2 Å². The second-order valence-corrected chi connectivity index (χ2v) is 7.05. The van der Waals surface area contributed by atoms with E-state index in [0.717, 1.165) is 5.56 Å². The van der Waals surface area contributed by atoms with Gasteiger partial charge in [-0.2, -0.15) is 0 Å². The van der Waals surface area contributed by atoms with Crippen molar-refractivity contribution >= 4 is 17.5 Å². The van der Waals surface area contributed by atoms with Crippen molar-refractivity contribution in [3.8, 4) is 17.2 Å². The van der Waals surface area contributed by atoms with Crippen molar-refractivity contribution in [2.24, 2.45) is 0 Å². The first-order valence-corrected chi connectivity index (χ1v) is 9.71. The van der Waals surface area contributed by atoms with E-state index in [-0.39, 0.29) is 11.5 Å². The molecule has 0 fully saturated rings. The molecule has 0 radical (unpaired) electrons. The Bertz CT molecular complexity index is 1200. The highest BCUT2D eigenvalue weighted by molar-refractivity contribution is 6.30. The number of hydrogen-bond acceptors (Lipinski definition) is 5. The highest BCUT2D eigenvalue weighted by atomic mass is 35.5. The van der Waals surface area contributed by atoms with Gasteiger partial charge in [-0.15, -0.1) is 10.2 Å².